The minimum atomic E-state index is -0.507. The van der Waals surface area contributed by atoms with E-state index in [1.165, 1.54) is 25.8 Å². The van der Waals surface area contributed by atoms with Crippen molar-refractivity contribution >= 4 is 28.9 Å². The maximum Gasteiger partial charge on any atom is 0.249 e. The number of carbonyl (C=O) groups excluding carboxylic acids is 2. The summed E-state index contributed by atoms with van der Waals surface area (Å²) < 4.78 is 5.04. The zero-order chi connectivity index (χ0) is 13.5. The van der Waals surface area contributed by atoms with Crippen LogP contribution in [0.25, 0.3) is 6.08 Å². The molecule has 4 nitrogen and oxygen atoms in total. The highest BCUT2D eigenvalue weighted by atomic mass is 32.2. The third-order valence-electron chi connectivity index (χ3n) is 2.21. The second kappa shape index (κ2) is 6.86. The summed E-state index contributed by atoms with van der Waals surface area (Å²) in [6.45, 7) is 1.51. The first-order valence-corrected chi connectivity index (χ1v) is 6.31. The Morgan fingerprint density at radius 2 is 2.17 bits per heavy atom. The maximum atomic E-state index is 11.3. The Bertz CT molecular complexity index is 483. The van der Waals surface area contributed by atoms with Gasteiger partial charge < -0.3 is 10.5 Å². The van der Waals surface area contributed by atoms with Crippen molar-refractivity contribution in [2.75, 3.05) is 12.9 Å². The highest BCUT2D eigenvalue weighted by Gasteiger charge is 2.07. The molecule has 5 heteroatoms. The molecule has 0 spiro atoms. The van der Waals surface area contributed by atoms with Gasteiger partial charge in [-0.05, 0) is 17.7 Å². The molecule has 0 heterocycles. The van der Waals surface area contributed by atoms with Crippen LogP contribution in [-0.2, 0) is 4.79 Å². The first-order valence-electron chi connectivity index (χ1n) is 5.32. The van der Waals surface area contributed by atoms with Gasteiger partial charge >= 0.3 is 0 Å². The van der Waals surface area contributed by atoms with E-state index in [0.29, 0.717) is 22.6 Å². The zero-order valence-electron chi connectivity index (χ0n) is 10.3. The van der Waals surface area contributed by atoms with Gasteiger partial charge in [0.1, 0.15) is 5.75 Å². The molecule has 1 aromatic rings. The van der Waals surface area contributed by atoms with Crippen molar-refractivity contribution in [2.45, 2.75) is 6.92 Å². The molecule has 96 valence electrons. The monoisotopic (exact) mass is 265 g/mol. The lowest BCUT2D eigenvalue weighted by Crippen LogP contribution is -2.12. The van der Waals surface area contributed by atoms with Gasteiger partial charge in [0.2, 0.25) is 5.91 Å². The first kappa shape index (κ1) is 14.3. The predicted octanol–water partition coefficient (Wildman–Crippen LogP) is 2.09. The Morgan fingerprint density at radius 3 is 2.72 bits per heavy atom. The number of hydrogen-bond acceptors (Lipinski definition) is 4. The van der Waals surface area contributed by atoms with Crippen LogP contribution in [0.2, 0.25) is 0 Å². The fourth-order valence-corrected chi connectivity index (χ4v) is 1.79. The highest BCUT2D eigenvalue weighted by Crippen LogP contribution is 2.19. The van der Waals surface area contributed by atoms with Crippen molar-refractivity contribution in [1.82, 2.24) is 0 Å². The molecule has 1 amide bonds. The molecule has 1 aromatic carbocycles. The third-order valence-corrected chi connectivity index (χ3v) is 2.97. The molecular formula is C13H15NO3S. The van der Waals surface area contributed by atoms with Crippen molar-refractivity contribution in [2.24, 2.45) is 5.73 Å². The fourth-order valence-electron chi connectivity index (χ4n) is 1.36. The van der Waals surface area contributed by atoms with Gasteiger partial charge in [0.25, 0.3) is 0 Å². The van der Waals surface area contributed by atoms with Gasteiger partial charge in [-0.3, -0.25) is 9.59 Å². The SMILES string of the molecule is COc1ccc(C=CCSC(C)=O)c(C(N)=O)c1. The molecule has 0 bridgehead atoms. The summed E-state index contributed by atoms with van der Waals surface area (Å²) in [7, 11) is 1.53. The highest BCUT2D eigenvalue weighted by molar-refractivity contribution is 8.13. The Kier molecular flexibility index (Phi) is 5.45. The van der Waals surface area contributed by atoms with Crippen LogP contribution >= 0.6 is 11.8 Å². The molecule has 0 aromatic heterocycles. The maximum absolute atomic E-state index is 11.3. The Balaban J connectivity index is 2.87. The van der Waals surface area contributed by atoms with E-state index in [4.69, 9.17) is 10.5 Å². The van der Waals surface area contributed by atoms with Crippen molar-refractivity contribution < 1.29 is 14.3 Å². The lowest BCUT2D eigenvalue weighted by molar-refractivity contribution is -0.109. The van der Waals surface area contributed by atoms with Crippen LogP contribution in [-0.4, -0.2) is 23.9 Å². The van der Waals surface area contributed by atoms with E-state index in [2.05, 4.69) is 0 Å². The van der Waals surface area contributed by atoms with E-state index in [0.717, 1.165) is 0 Å². The van der Waals surface area contributed by atoms with Crippen molar-refractivity contribution in [3.05, 3.63) is 35.4 Å². The zero-order valence-corrected chi connectivity index (χ0v) is 11.1. The van der Waals surface area contributed by atoms with Gasteiger partial charge in [-0.2, -0.15) is 0 Å². The number of methoxy groups -OCH3 is 1. The van der Waals surface area contributed by atoms with Gasteiger partial charge in [0.05, 0.1) is 7.11 Å². The first-order chi connectivity index (χ1) is 8.54. The molecule has 0 aliphatic rings. The number of thioether (sulfide) groups is 1. The van der Waals surface area contributed by atoms with Crippen LogP contribution in [0.1, 0.15) is 22.8 Å². The molecule has 0 atom stereocenters. The number of primary amides is 1. The second-order valence-electron chi connectivity index (χ2n) is 3.52. The van der Waals surface area contributed by atoms with E-state index >= 15 is 0 Å². The molecule has 0 fully saturated rings. The largest absolute Gasteiger partial charge is 0.497 e. The molecule has 0 unspecified atom stereocenters. The molecule has 0 saturated heterocycles. The lowest BCUT2D eigenvalue weighted by Gasteiger charge is -2.05. The standard InChI is InChI=1S/C13H15NO3S/c1-9(15)18-7-3-4-10-5-6-11(17-2)8-12(10)13(14)16/h3-6,8H,7H2,1-2H3,(H2,14,16). The number of hydrogen-bond donors (Lipinski definition) is 1. The lowest BCUT2D eigenvalue weighted by atomic mass is 10.1. The number of carbonyl (C=O) groups is 2. The summed E-state index contributed by atoms with van der Waals surface area (Å²) in [6.07, 6.45) is 3.59. The van der Waals surface area contributed by atoms with Crippen LogP contribution in [0, 0.1) is 0 Å². The Hall–Kier alpha value is -1.75. The smallest absolute Gasteiger partial charge is 0.249 e. The number of benzene rings is 1. The average Bonchev–Trinajstić information content (AvgIpc) is 2.34. The van der Waals surface area contributed by atoms with E-state index < -0.39 is 5.91 Å². The summed E-state index contributed by atoms with van der Waals surface area (Å²) in [5, 5.41) is 0.0597. The number of ether oxygens (including phenoxy) is 1. The quantitative estimate of drug-likeness (QED) is 0.885. The molecular weight excluding hydrogens is 250 g/mol. The summed E-state index contributed by atoms with van der Waals surface area (Å²) in [5.41, 5.74) is 6.42. The second-order valence-corrected chi connectivity index (χ2v) is 4.72. The Labute approximate surface area is 110 Å². The van der Waals surface area contributed by atoms with E-state index in [9.17, 15) is 9.59 Å². The van der Waals surface area contributed by atoms with Crippen molar-refractivity contribution in [3.63, 3.8) is 0 Å². The van der Waals surface area contributed by atoms with Gasteiger partial charge in [-0.15, -0.1) is 0 Å². The molecule has 0 aliphatic carbocycles. The van der Waals surface area contributed by atoms with E-state index in [-0.39, 0.29) is 5.12 Å². The molecule has 2 N–H and O–H groups in total. The minimum absolute atomic E-state index is 0.0597. The molecule has 18 heavy (non-hydrogen) atoms. The molecule has 1 rings (SSSR count). The van der Waals surface area contributed by atoms with E-state index in [1.54, 1.807) is 24.3 Å². The summed E-state index contributed by atoms with van der Waals surface area (Å²) in [4.78, 5) is 22.1. The van der Waals surface area contributed by atoms with E-state index in [1.807, 2.05) is 6.08 Å². The summed E-state index contributed by atoms with van der Waals surface area (Å²) >= 11 is 1.21. The molecule has 0 radical (unpaired) electrons. The third kappa shape index (κ3) is 4.25. The fraction of sp³-hybridized carbons (Fsp3) is 0.231. The number of nitrogens with two attached hydrogens (primary N) is 1. The van der Waals surface area contributed by atoms with Crippen molar-refractivity contribution in [1.29, 1.82) is 0 Å². The summed E-state index contributed by atoms with van der Waals surface area (Å²) in [6, 6.07) is 5.11. The minimum Gasteiger partial charge on any atom is -0.497 e. The normalized spacial score (nSPS) is 10.6. The van der Waals surface area contributed by atoms with Crippen molar-refractivity contribution in [3.8, 4) is 5.75 Å². The molecule has 0 aliphatic heterocycles. The van der Waals surface area contributed by atoms with Crippen LogP contribution in [0.5, 0.6) is 5.75 Å². The van der Waals surface area contributed by atoms with Crippen LogP contribution < -0.4 is 10.5 Å². The van der Waals surface area contributed by atoms with Gasteiger partial charge in [0, 0.05) is 18.2 Å². The topological polar surface area (TPSA) is 69.4 Å². The number of amides is 1. The predicted molar refractivity (Wildman–Crippen MR) is 73.7 cm³/mol. The average molecular weight is 265 g/mol. The van der Waals surface area contributed by atoms with Gasteiger partial charge in [-0.1, -0.05) is 30.0 Å². The Morgan fingerprint density at radius 1 is 1.44 bits per heavy atom. The number of rotatable bonds is 5. The van der Waals surface area contributed by atoms with Crippen LogP contribution in [0.3, 0.4) is 0 Å². The van der Waals surface area contributed by atoms with Gasteiger partial charge in [0.15, 0.2) is 5.12 Å². The van der Waals surface area contributed by atoms with Crippen LogP contribution in [0.15, 0.2) is 24.3 Å². The summed E-state index contributed by atoms with van der Waals surface area (Å²) in [5.74, 6) is 0.645. The van der Waals surface area contributed by atoms with Gasteiger partial charge in [-0.25, -0.2) is 0 Å². The van der Waals surface area contributed by atoms with Crippen LogP contribution in [0.4, 0.5) is 0 Å². The molecule has 0 saturated carbocycles.